The number of hydrogen-bond acceptors (Lipinski definition) is 5. The Morgan fingerprint density at radius 2 is 1.84 bits per heavy atom. The van der Waals surface area contributed by atoms with Gasteiger partial charge in [-0.1, -0.05) is 0 Å². The fourth-order valence-corrected chi connectivity index (χ4v) is 5.10. The van der Waals surface area contributed by atoms with Gasteiger partial charge in [-0.05, 0) is 64.4 Å². The Labute approximate surface area is 185 Å². The number of nitrogens with zero attached hydrogens (tertiary/aromatic N) is 6. The van der Waals surface area contributed by atoms with Gasteiger partial charge in [-0.25, -0.2) is 18.9 Å². The van der Waals surface area contributed by atoms with Crippen LogP contribution in [-0.4, -0.2) is 60.7 Å². The van der Waals surface area contributed by atoms with Gasteiger partial charge in [0, 0.05) is 23.9 Å². The molecule has 2 fully saturated rings. The second-order valence-corrected chi connectivity index (χ2v) is 9.25. The molecule has 7 nitrogen and oxygen atoms in total. The van der Waals surface area contributed by atoms with Crippen molar-refractivity contribution >= 4 is 11.3 Å². The Morgan fingerprint density at radius 1 is 1.03 bits per heavy atom. The Balaban J connectivity index is 1.29. The van der Waals surface area contributed by atoms with Crippen LogP contribution in [0.2, 0.25) is 0 Å². The molecule has 4 aromatic rings. The molecule has 4 aromatic heterocycles. The van der Waals surface area contributed by atoms with E-state index < -0.39 is 0 Å². The van der Waals surface area contributed by atoms with Gasteiger partial charge >= 0.3 is 0 Å². The molecule has 0 aliphatic carbocycles. The Morgan fingerprint density at radius 3 is 2.56 bits per heavy atom. The predicted octanol–water partition coefficient (Wildman–Crippen LogP) is 3.77. The van der Waals surface area contributed by atoms with Crippen LogP contribution in [0.4, 0.5) is 4.39 Å². The smallest absolute Gasteiger partial charge is 0.173 e. The molecule has 0 spiro atoms. The molecular weight excluding hydrogens is 407 g/mol. The number of pyridine rings is 1. The van der Waals surface area contributed by atoms with Gasteiger partial charge in [0.1, 0.15) is 0 Å². The van der Waals surface area contributed by atoms with Gasteiger partial charge in [0.2, 0.25) is 0 Å². The molecule has 2 aliphatic heterocycles. The molecule has 6 rings (SSSR count). The summed E-state index contributed by atoms with van der Waals surface area (Å²) in [5, 5.41) is 4.65. The minimum absolute atomic E-state index is 0.326. The van der Waals surface area contributed by atoms with E-state index in [1.807, 2.05) is 42.9 Å². The summed E-state index contributed by atoms with van der Waals surface area (Å²) in [5.74, 6) is 0.0314. The van der Waals surface area contributed by atoms with Crippen molar-refractivity contribution in [1.82, 2.24) is 28.9 Å². The normalized spacial score (nSPS) is 22.6. The van der Waals surface area contributed by atoms with Crippen molar-refractivity contribution in [2.45, 2.75) is 51.7 Å². The van der Waals surface area contributed by atoms with Crippen LogP contribution in [0, 0.1) is 19.7 Å². The summed E-state index contributed by atoms with van der Waals surface area (Å²) in [6, 6.07) is 4.04. The fraction of sp³-hybridized carbons (Fsp3) is 0.458. The van der Waals surface area contributed by atoms with Crippen molar-refractivity contribution < 1.29 is 9.13 Å². The van der Waals surface area contributed by atoms with E-state index in [1.165, 1.54) is 6.07 Å². The fourth-order valence-electron chi connectivity index (χ4n) is 5.10. The van der Waals surface area contributed by atoms with Crippen LogP contribution < -0.4 is 0 Å². The second kappa shape index (κ2) is 7.35. The second-order valence-electron chi connectivity index (χ2n) is 9.25. The average Bonchev–Trinajstić information content (AvgIpc) is 3.37. The Hall–Kier alpha value is -2.84. The summed E-state index contributed by atoms with van der Waals surface area (Å²) in [5.41, 5.74) is 5.54. The van der Waals surface area contributed by atoms with Crippen LogP contribution in [0.5, 0.6) is 0 Å². The third kappa shape index (κ3) is 3.20. The molecular formula is C24H27FN6O. The summed E-state index contributed by atoms with van der Waals surface area (Å²) in [6.07, 6.45) is 8.22. The first-order valence-electron chi connectivity index (χ1n) is 11.3. The number of imidazole rings is 2. The maximum atomic E-state index is 15.0. The quantitative estimate of drug-likeness (QED) is 0.491. The standard InChI is InChI=1S/C24H27FN6O/c1-14-8-20(28-31-10-15(2)26-23(14)31)18-9-19(25)24-27-21(12-30(24)11-18)17-4-6-29(7-5-17)22-13-32-16(22)3/h8-12,16-17,22H,4-7,13H2,1-3H3. The number of aryl methyl sites for hydroxylation is 2. The van der Waals surface area contributed by atoms with Crippen molar-refractivity contribution in [3.8, 4) is 11.3 Å². The molecule has 0 bridgehead atoms. The summed E-state index contributed by atoms with van der Waals surface area (Å²) in [6.45, 7) is 9.00. The third-order valence-corrected chi connectivity index (χ3v) is 7.04. The molecule has 0 aromatic carbocycles. The minimum atomic E-state index is -0.326. The molecule has 2 unspecified atom stereocenters. The lowest BCUT2D eigenvalue weighted by molar-refractivity contribution is -0.129. The van der Waals surface area contributed by atoms with E-state index in [0.29, 0.717) is 29.4 Å². The van der Waals surface area contributed by atoms with Gasteiger partial charge in [-0.3, -0.25) is 4.90 Å². The number of hydrogen-bond donors (Lipinski definition) is 0. The van der Waals surface area contributed by atoms with Gasteiger partial charge in [0.25, 0.3) is 0 Å². The predicted molar refractivity (Wildman–Crippen MR) is 119 cm³/mol. The number of ether oxygens (including phenoxy) is 1. The summed E-state index contributed by atoms with van der Waals surface area (Å²) in [4.78, 5) is 11.7. The molecule has 8 heteroatoms. The van der Waals surface area contributed by atoms with Gasteiger partial charge < -0.3 is 9.14 Å². The highest BCUT2D eigenvalue weighted by Gasteiger charge is 2.36. The van der Waals surface area contributed by atoms with Gasteiger partial charge in [-0.2, -0.15) is 5.10 Å². The van der Waals surface area contributed by atoms with E-state index in [2.05, 4.69) is 26.9 Å². The van der Waals surface area contributed by atoms with Crippen LogP contribution >= 0.6 is 0 Å². The monoisotopic (exact) mass is 434 g/mol. The van der Waals surface area contributed by atoms with E-state index in [-0.39, 0.29) is 5.82 Å². The van der Waals surface area contributed by atoms with Crippen molar-refractivity contribution in [3.63, 3.8) is 0 Å². The molecule has 0 amide bonds. The summed E-state index contributed by atoms with van der Waals surface area (Å²) >= 11 is 0. The van der Waals surface area contributed by atoms with Gasteiger partial charge in [0.05, 0.1) is 42.0 Å². The highest BCUT2D eigenvalue weighted by molar-refractivity contribution is 5.64. The van der Waals surface area contributed by atoms with E-state index in [1.54, 1.807) is 4.52 Å². The number of likely N-dealkylation sites (tertiary alicyclic amines) is 1. The SMILES string of the molecule is Cc1cn2nc(-c3cc(F)c4nc(C5CCN(C6COC6C)CC5)cn4c3)cc(C)c2n1. The molecule has 6 heterocycles. The number of fused-ring (bicyclic) bond motifs is 2. The molecule has 2 saturated heterocycles. The topological polar surface area (TPSA) is 60.0 Å². The molecule has 0 saturated carbocycles. The maximum Gasteiger partial charge on any atom is 0.173 e. The van der Waals surface area contributed by atoms with E-state index in [9.17, 15) is 0 Å². The molecule has 0 N–H and O–H groups in total. The average molecular weight is 435 g/mol. The largest absolute Gasteiger partial charge is 0.375 e. The Bertz CT molecular complexity index is 1320. The number of halogens is 1. The number of aromatic nitrogens is 5. The number of piperidine rings is 1. The van der Waals surface area contributed by atoms with E-state index >= 15 is 4.39 Å². The highest BCUT2D eigenvalue weighted by atomic mass is 19.1. The van der Waals surface area contributed by atoms with Crippen LogP contribution in [-0.2, 0) is 4.74 Å². The molecule has 0 radical (unpaired) electrons. The highest BCUT2D eigenvalue weighted by Crippen LogP contribution is 2.32. The lowest BCUT2D eigenvalue weighted by atomic mass is 9.92. The first-order chi connectivity index (χ1) is 15.5. The zero-order valence-corrected chi connectivity index (χ0v) is 18.6. The zero-order chi connectivity index (χ0) is 22.0. The van der Waals surface area contributed by atoms with Crippen LogP contribution in [0.1, 0.15) is 42.6 Å². The lowest BCUT2D eigenvalue weighted by Gasteiger charge is -2.45. The third-order valence-electron chi connectivity index (χ3n) is 7.04. The van der Waals surface area contributed by atoms with Crippen molar-refractivity contribution in [3.05, 3.63) is 53.5 Å². The Kier molecular flexibility index (Phi) is 4.55. The van der Waals surface area contributed by atoms with Crippen molar-refractivity contribution in [2.24, 2.45) is 0 Å². The van der Waals surface area contributed by atoms with Crippen LogP contribution in [0.25, 0.3) is 22.6 Å². The minimum Gasteiger partial charge on any atom is -0.375 e. The first kappa shape index (κ1) is 19.8. The molecule has 166 valence electrons. The number of rotatable bonds is 3. The first-order valence-corrected chi connectivity index (χ1v) is 11.3. The van der Waals surface area contributed by atoms with E-state index in [0.717, 1.165) is 60.7 Å². The summed E-state index contributed by atoms with van der Waals surface area (Å²) < 4.78 is 24.2. The summed E-state index contributed by atoms with van der Waals surface area (Å²) in [7, 11) is 0. The maximum absolute atomic E-state index is 15.0. The van der Waals surface area contributed by atoms with Gasteiger partial charge in [-0.15, -0.1) is 0 Å². The molecule has 2 atom stereocenters. The van der Waals surface area contributed by atoms with Gasteiger partial charge in [0.15, 0.2) is 17.1 Å². The van der Waals surface area contributed by atoms with E-state index in [4.69, 9.17) is 4.74 Å². The van der Waals surface area contributed by atoms with Crippen molar-refractivity contribution in [1.29, 1.82) is 0 Å². The van der Waals surface area contributed by atoms with Crippen LogP contribution in [0.3, 0.4) is 0 Å². The van der Waals surface area contributed by atoms with Crippen molar-refractivity contribution in [2.75, 3.05) is 19.7 Å². The lowest BCUT2D eigenvalue weighted by Crippen LogP contribution is -2.56. The molecule has 32 heavy (non-hydrogen) atoms. The van der Waals surface area contributed by atoms with Crippen LogP contribution in [0.15, 0.2) is 30.7 Å². The molecule has 2 aliphatic rings. The zero-order valence-electron chi connectivity index (χ0n) is 18.6.